The van der Waals surface area contributed by atoms with E-state index < -0.39 is 0 Å². The summed E-state index contributed by atoms with van der Waals surface area (Å²) in [4.78, 5) is 1.32. The topological polar surface area (TPSA) is 20.2 Å². The van der Waals surface area contributed by atoms with E-state index in [-0.39, 0.29) is 0 Å². The average Bonchev–Trinajstić information content (AvgIpc) is 2.57. The van der Waals surface area contributed by atoms with Crippen molar-refractivity contribution < 1.29 is 5.11 Å². The minimum absolute atomic E-state index is 0.398. The van der Waals surface area contributed by atoms with Gasteiger partial charge in [-0.2, -0.15) is 0 Å². The lowest BCUT2D eigenvalue weighted by Gasteiger charge is -1.97. The first-order chi connectivity index (χ1) is 6.77. The maximum atomic E-state index is 9.70. The smallest absolute Gasteiger partial charge is 0.133 e. The summed E-state index contributed by atoms with van der Waals surface area (Å²) in [5.41, 5.74) is 1.36. The number of halogens is 1. The summed E-state index contributed by atoms with van der Waals surface area (Å²) in [5.74, 6) is 0.398. The first-order valence-corrected chi connectivity index (χ1v) is 6.50. The van der Waals surface area contributed by atoms with Crippen LogP contribution in [0.1, 0.15) is 17.4 Å². The number of rotatable bonds is 2. The number of benzene rings is 1. The number of fused-ring (bicyclic) bond motifs is 1. The van der Waals surface area contributed by atoms with Crippen LogP contribution in [0.5, 0.6) is 5.75 Å². The lowest BCUT2D eigenvalue weighted by atomic mass is 10.1. The Hall–Kier alpha value is -0.540. The highest BCUT2D eigenvalue weighted by molar-refractivity contribution is 9.08. The summed E-state index contributed by atoms with van der Waals surface area (Å²) in [6.45, 7) is 2.15. The predicted octanol–water partition coefficient (Wildman–Crippen LogP) is 4.06. The molecule has 0 amide bonds. The van der Waals surface area contributed by atoms with Crippen molar-refractivity contribution in [3.63, 3.8) is 0 Å². The van der Waals surface area contributed by atoms with Crippen molar-refractivity contribution in [2.45, 2.75) is 18.7 Å². The first kappa shape index (κ1) is 9.99. The Kier molecular flexibility index (Phi) is 2.79. The lowest BCUT2D eigenvalue weighted by molar-refractivity contribution is 0.482. The normalized spacial score (nSPS) is 11.0. The second-order valence-corrected chi connectivity index (χ2v) is 4.81. The molecule has 0 aliphatic heterocycles. The van der Waals surface area contributed by atoms with Gasteiger partial charge in [0.2, 0.25) is 0 Å². The van der Waals surface area contributed by atoms with Gasteiger partial charge in [0.15, 0.2) is 0 Å². The molecule has 0 spiro atoms. The summed E-state index contributed by atoms with van der Waals surface area (Å²) < 4.78 is 1.01. The number of thiophene rings is 1. The van der Waals surface area contributed by atoms with E-state index in [2.05, 4.69) is 28.9 Å². The fraction of sp³-hybridized carbons (Fsp3) is 0.273. The highest BCUT2D eigenvalue weighted by atomic mass is 79.9. The number of aromatic hydroxyl groups is 1. The van der Waals surface area contributed by atoms with Crippen LogP contribution in [0.15, 0.2) is 18.2 Å². The van der Waals surface area contributed by atoms with Gasteiger partial charge in [0, 0.05) is 10.2 Å². The fourth-order valence-electron chi connectivity index (χ4n) is 1.70. The van der Waals surface area contributed by atoms with Gasteiger partial charge in [0.05, 0.1) is 4.70 Å². The second kappa shape index (κ2) is 3.91. The maximum absolute atomic E-state index is 9.70. The summed E-state index contributed by atoms with van der Waals surface area (Å²) >= 11 is 5.16. The number of alkyl halides is 1. The zero-order valence-corrected chi connectivity index (χ0v) is 10.3. The molecule has 1 N–H and O–H groups in total. The van der Waals surface area contributed by atoms with Gasteiger partial charge < -0.3 is 5.11 Å². The average molecular weight is 271 g/mol. The van der Waals surface area contributed by atoms with Crippen molar-refractivity contribution in [1.82, 2.24) is 0 Å². The van der Waals surface area contributed by atoms with E-state index in [0.717, 1.165) is 16.5 Å². The van der Waals surface area contributed by atoms with E-state index in [0.29, 0.717) is 5.75 Å². The second-order valence-electron chi connectivity index (χ2n) is 3.14. The van der Waals surface area contributed by atoms with E-state index >= 15 is 0 Å². The van der Waals surface area contributed by atoms with E-state index in [9.17, 15) is 5.11 Å². The molecule has 1 nitrogen and oxygen atoms in total. The minimum atomic E-state index is 0.398. The van der Waals surface area contributed by atoms with Crippen LogP contribution in [-0.4, -0.2) is 5.11 Å². The van der Waals surface area contributed by atoms with E-state index in [1.54, 1.807) is 17.4 Å². The SMILES string of the molecule is CCc1c(CBr)sc2c(O)cccc12. The van der Waals surface area contributed by atoms with Crippen LogP contribution < -0.4 is 0 Å². The Morgan fingerprint density at radius 3 is 2.86 bits per heavy atom. The summed E-state index contributed by atoms with van der Waals surface area (Å²) in [7, 11) is 0. The molecule has 2 aromatic rings. The number of aryl methyl sites for hydroxylation is 1. The van der Waals surface area contributed by atoms with Crippen LogP contribution in [-0.2, 0) is 11.8 Å². The first-order valence-electron chi connectivity index (χ1n) is 4.56. The molecule has 0 aliphatic carbocycles. The molecule has 0 unspecified atom stereocenters. The third kappa shape index (κ3) is 1.44. The van der Waals surface area contributed by atoms with E-state index in [4.69, 9.17) is 0 Å². The highest BCUT2D eigenvalue weighted by Gasteiger charge is 2.11. The van der Waals surface area contributed by atoms with Crippen LogP contribution in [0.2, 0.25) is 0 Å². The fourth-order valence-corrected chi connectivity index (χ4v) is 3.53. The minimum Gasteiger partial charge on any atom is -0.506 e. The molecule has 0 atom stereocenters. The third-order valence-electron chi connectivity index (χ3n) is 2.36. The van der Waals surface area contributed by atoms with Crippen molar-refractivity contribution >= 4 is 37.4 Å². The quantitative estimate of drug-likeness (QED) is 0.816. The molecular formula is C11H11BrOS. The van der Waals surface area contributed by atoms with Crippen LogP contribution in [0.4, 0.5) is 0 Å². The van der Waals surface area contributed by atoms with E-state index in [1.807, 2.05) is 6.07 Å². The van der Waals surface area contributed by atoms with Gasteiger partial charge in [0.25, 0.3) is 0 Å². The molecule has 3 heteroatoms. The Morgan fingerprint density at radius 1 is 1.43 bits per heavy atom. The zero-order valence-electron chi connectivity index (χ0n) is 7.88. The van der Waals surface area contributed by atoms with Gasteiger partial charge >= 0.3 is 0 Å². The summed E-state index contributed by atoms with van der Waals surface area (Å²) in [6.07, 6.45) is 1.02. The van der Waals surface area contributed by atoms with Gasteiger partial charge in [-0.1, -0.05) is 35.0 Å². The molecule has 1 heterocycles. The number of phenols is 1. The highest BCUT2D eigenvalue weighted by Crippen LogP contribution is 2.37. The molecule has 0 aliphatic rings. The summed E-state index contributed by atoms with van der Waals surface area (Å²) in [6, 6.07) is 5.73. The molecule has 0 bridgehead atoms. The largest absolute Gasteiger partial charge is 0.506 e. The van der Waals surface area contributed by atoms with E-state index in [1.165, 1.54) is 15.8 Å². The molecule has 0 saturated carbocycles. The maximum Gasteiger partial charge on any atom is 0.133 e. The molecule has 1 aromatic heterocycles. The summed E-state index contributed by atoms with van der Waals surface area (Å²) in [5, 5.41) is 11.8. The molecular weight excluding hydrogens is 260 g/mol. The van der Waals surface area contributed by atoms with Crippen LogP contribution in [0, 0.1) is 0 Å². The van der Waals surface area contributed by atoms with Gasteiger partial charge in [0.1, 0.15) is 5.75 Å². The van der Waals surface area contributed by atoms with Crippen LogP contribution in [0.25, 0.3) is 10.1 Å². The number of hydrogen-bond acceptors (Lipinski definition) is 2. The van der Waals surface area contributed by atoms with Gasteiger partial charge in [-0.25, -0.2) is 0 Å². The molecule has 14 heavy (non-hydrogen) atoms. The molecule has 2 rings (SSSR count). The third-order valence-corrected chi connectivity index (χ3v) is 4.56. The van der Waals surface area contributed by atoms with Gasteiger partial charge in [-0.05, 0) is 23.4 Å². The monoisotopic (exact) mass is 270 g/mol. The molecule has 74 valence electrons. The van der Waals surface area contributed by atoms with Crippen molar-refractivity contribution in [3.8, 4) is 5.75 Å². The van der Waals surface area contributed by atoms with Crippen LogP contribution >= 0.6 is 27.3 Å². The van der Waals surface area contributed by atoms with Gasteiger partial charge in [-0.15, -0.1) is 11.3 Å². The predicted molar refractivity (Wildman–Crippen MR) is 65.5 cm³/mol. The Balaban J connectivity index is 2.79. The Labute approximate surface area is 95.5 Å². The van der Waals surface area contributed by atoms with Crippen molar-refractivity contribution in [2.75, 3.05) is 0 Å². The van der Waals surface area contributed by atoms with Crippen molar-refractivity contribution in [3.05, 3.63) is 28.6 Å². The Morgan fingerprint density at radius 2 is 2.21 bits per heavy atom. The molecule has 0 saturated heterocycles. The zero-order chi connectivity index (χ0) is 10.1. The lowest BCUT2D eigenvalue weighted by Crippen LogP contribution is -1.81. The number of hydrogen-bond donors (Lipinski definition) is 1. The number of phenolic OH excluding ortho intramolecular Hbond substituents is 1. The Bertz CT molecular complexity index is 462. The molecule has 0 radical (unpaired) electrons. The molecule has 0 fully saturated rings. The van der Waals surface area contributed by atoms with Crippen molar-refractivity contribution in [2.24, 2.45) is 0 Å². The van der Waals surface area contributed by atoms with Gasteiger partial charge in [-0.3, -0.25) is 0 Å². The standard InChI is InChI=1S/C11H11BrOS/c1-2-7-8-4-3-5-9(13)11(8)14-10(7)6-12/h3-5,13H,2,6H2,1H3. The van der Waals surface area contributed by atoms with Crippen LogP contribution in [0.3, 0.4) is 0 Å². The van der Waals surface area contributed by atoms with Crippen molar-refractivity contribution in [1.29, 1.82) is 0 Å². The molecule has 1 aromatic carbocycles.